The van der Waals surface area contributed by atoms with E-state index in [1.807, 2.05) is 54.7 Å². The minimum atomic E-state index is 0.0543. The van der Waals surface area contributed by atoms with E-state index in [0.717, 1.165) is 74.5 Å². The molecule has 1 aliphatic heterocycles. The third kappa shape index (κ3) is 5.53. The highest BCUT2D eigenvalue weighted by atomic mass is 16.5. The van der Waals surface area contributed by atoms with Crippen LogP contribution < -0.4 is 4.74 Å². The first kappa shape index (κ1) is 24.3. The molecule has 0 N–H and O–H groups in total. The van der Waals surface area contributed by atoms with Crippen molar-refractivity contribution in [2.75, 3.05) is 39.8 Å². The average molecular weight is 482 g/mol. The van der Waals surface area contributed by atoms with Crippen LogP contribution in [0.5, 0.6) is 5.75 Å². The SMILES string of the molecule is COc1cccc2c(C(=O)c3ccccc3)cn(CCCN3CCCN(Cc4ccccc4)CC3)c12. The van der Waals surface area contributed by atoms with Crippen molar-refractivity contribution in [2.24, 2.45) is 0 Å². The molecule has 2 heterocycles. The molecule has 1 fully saturated rings. The zero-order valence-electron chi connectivity index (χ0n) is 21.1. The number of aromatic nitrogens is 1. The molecule has 0 amide bonds. The van der Waals surface area contributed by atoms with Gasteiger partial charge in [0.15, 0.2) is 5.78 Å². The predicted molar refractivity (Wildman–Crippen MR) is 146 cm³/mol. The topological polar surface area (TPSA) is 37.7 Å². The number of hydrogen-bond donors (Lipinski definition) is 0. The first-order valence-electron chi connectivity index (χ1n) is 13.0. The van der Waals surface area contributed by atoms with Crippen molar-refractivity contribution in [3.05, 3.63) is 102 Å². The van der Waals surface area contributed by atoms with Crippen LogP contribution >= 0.6 is 0 Å². The molecule has 4 aromatic rings. The van der Waals surface area contributed by atoms with Gasteiger partial charge in [-0.1, -0.05) is 72.8 Å². The lowest BCUT2D eigenvalue weighted by molar-refractivity contribution is 0.104. The maximum Gasteiger partial charge on any atom is 0.195 e. The Hall–Kier alpha value is -3.41. The van der Waals surface area contributed by atoms with Crippen LogP contribution in [0.2, 0.25) is 0 Å². The van der Waals surface area contributed by atoms with E-state index in [1.165, 1.54) is 12.0 Å². The van der Waals surface area contributed by atoms with Gasteiger partial charge in [0.1, 0.15) is 5.75 Å². The van der Waals surface area contributed by atoms with E-state index < -0.39 is 0 Å². The summed E-state index contributed by atoms with van der Waals surface area (Å²) in [6, 6.07) is 26.3. The van der Waals surface area contributed by atoms with Gasteiger partial charge in [-0.25, -0.2) is 0 Å². The van der Waals surface area contributed by atoms with E-state index in [-0.39, 0.29) is 5.78 Å². The van der Waals surface area contributed by atoms with Crippen molar-refractivity contribution in [3.8, 4) is 5.75 Å². The maximum atomic E-state index is 13.3. The van der Waals surface area contributed by atoms with Crippen LogP contribution in [0.4, 0.5) is 0 Å². The monoisotopic (exact) mass is 481 g/mol. The van der Waals surface area contributed by atoms with Crippen LogP contribution in [0.3, 0.4) is 0 Å². The van der Waals surface area contributed by atoms with Crippen LogP contribution in [-0.2, 0) is 13.1 Å². The fraction of sp³-hybridized carbons (Fsp3) is 0.323. The first-order chi connectivity index (χ1) is 17.7. The Morgan fingerprint density at radius 1 is 0.806 bits per heavy atom. The lowest BCUT2D eigenvalue weighted by Crippen LogP contribution is -2.31. The van der Waals surface area contributed by atoms with Gasteiger partial charge in [0, 0.05) is 48.9 Å². The van der Waals surface area contributed by atoms with E-state index in [9.17, 15) is 4.79 Å². The summed E-state index contributed by atoms with van der Waals surface area (Å²) in [5.41, 5.74) is 3.84. The quantitative estimate of drug-likeness (QED) is 0.297. The summed E-state index contributed by atoms with van der Waals surface area (Å²) in [7, 11) is 1.70. The molecule has 0 radical (unpaired) electrons. The van der Waals surface area contributed by atoms with Crippen LogP contribution in [0, 0.1) is 0 Å². The number of carbonyl (C=O) groups is 1. The van der Waals surface area contributed by atoms with Gasteiger partial charge in [-0.15, -0.1) is 0 Å². The van der Waals surface area contributed by atoms with Crippen LogP contribution in [0.1, 0.15) is 34.3 Å². The van der Waals surface area contributed by atoms with Crippen molar-refractivity contribution in [1.29, 1.82) is 0 Å². The number of carbonyl (C=O) groups excluding carboxylic acids is 1. The van der Waals surface area contributed by atoms with Crippen molar-refractivity contribution in [3.63, 3.8) is 0 Å². The molecular formula is C31H35N3O2. The lowest BCUT2D eigenvalue weighted by Gasteiger charge is -2.22. The number of aryl methyl sites for hydroxylation is 1. The molecule has 3 aromatic carbocycles. The highest BCUT2D eigenvalue weighted by Crippen LogP contribution is 2.31. The van der Waals surface area contributed by atoms with Gasteiger partial charge < -0.3 is 14.2 Å². The largest absolute Gasteiger partial charge is 0.495 e. The van der Waals surface area contributed by atoms with Crippen molar-refractivity contribution >= 4 is 16.7 Å². The molecule has 0 saturated carbocycles. The number of nitrogens with zero attached hydrogens (tertiary/aromatic N) is 3. The summed E-state index contributed by atoms with van der Waals surface area (Å²) in [6.45, 7) is 7.42. The van der Waals surface area contributed by atoms with E-state index in [0.29, 0.717) is 5.56 Å². The molecule has 0 unspecified atom stereocenters. The Morgan fingerprint density at radius 3 is 2.31 bits per heavy atom. The normalized spacial score (nSPS) is 15.1. The molecule has 1 aliphatic rings. The molecule has 0 aliphatic carbocycles. The summed E-state index contributed by atoms with van der Waals surface area (Å²) in [5, 5.41) is 0.953. The number of rotatable bonds is 9. The second-order valence-corrected chi connectivity index (χ2v) is 9.60. The fourth-order valence-corrected chi connectivity index (χ4v) is 5.31. The van der Waals surface area contributed by atoms with Gasteiger partial charge in [-0.2, -0.15) is 0 Å². The highest BCUT2D eigenvalue weighted by molar-refractivity contribution is 6.17. The Kier molecular flexibility index (Phi) is 7.79. The summed E-state index contributed by atoms with van der Waals surface area (Å²) in [4.78, 5) is 18.5. The molecule has 5 rings (SSSR count). The fourth-order valence-electron chi connectivity index (χ4n) is 5.31. The number of ketones is 1. The summed E-state index contributed by atoms with van der Waals surface area (Å²) in [5.74, 6) is 0.865. The van der Waals surface area contributed by atoms with Crippen molar-refractivity contribution in [2.45, 2.75) is 25.9 Å². The van der Waals surface area contributed by atoms with E-state index in [4.69, 9.17) is 4.74 Å². The Balaban J connectivity index is 1.25. The van der Waals surface area contributed by atoms with E-state index in [2.05, 4.69) is 44.7 Å². The second kappa shape index (κ2) is 11.5. The molecule has 1 aromatic heterocycles. The molecule has 36 heavy (non-hydrogen) atoms. The third-order valence-electron chi connectivity index (χ3n) is 7.17. The smallest absolute Gasteiger partial charge is 0.195 e. The molecular weight excluding hydrogens is 446 g/mol. The molecule has 1 saturated heterocycles. The minimum Gasteiger partial charge on any atom is -0.495 e. The lowest BCUT2D eigenvalue weighted by atomic mass is 10.0. The molecule has 0 spiro atoms. The molecule has 5 nitrogen and oxygen atoms in total. The van der Waals surface area contributed by atoms with Crippen LogP contribution in [-0.4, -0.2) is 60.0 Å². The molecule has 0 bridgehead atoms. The van der Waals surface area contributed by atoms with Gasteiger partial charge >= 0.3 is 0 Å². The highest BCUT2D eigenvalue weighted by Gasteiger charge is 2.20. The first-order valence-corrected chi connectivity index (χ1v) is 13.0. The van der Waals surface area contributed by atoms with Gasteiger partial charge in [0.05, 0.1) is 12.6 Å². The van der Waals surface area contributed by atoms with Crippen LogP contribution in [0.15, 0.2) is 85.1 Å². The Labute approximate surface area is 213 Å². The average Bonchev–Trinajstić information content (AvgIpc) is 3.15. The van der Waals surface area contributed by atoms with E-state index >= 15 is 0 Å². The van der Waals surface area contributed by atoms with Gasteiger partial charge in [-0.3, -0.25) is 9.69 Å². The third-order valence-corrected chi connectivity index (χ3v) is 7.17. The predicted octanol–water partition coefficient (Wildman–Crippen LogP) is 5.48. The van der Waals surface area contributed by atoms with Crippen molar-refractivity contribution < 1.29 is 9.53 Å². The number of para-hydroxylation sites is 1. The number of ether oxygens (including phenoxy) is 1. The van der Waals surface area contributed by atoms with Gasteiger partial charge in [0.2, 0.25) is 0 Å². The number of methoxy groups -OCH3 is 1. The minimum absolute atomic E-state index is 0.0543. The Morgan fingerprint density at radius 2 is 1.53 bits per heavy atom. The summed E-state index contributed by atoms with van der Waals surface area (Å²) in [6.07, 6.45) is 4.24. The number of hydrogen-bond acceptors (Lipinski definition) is 4. The van der Waals surface area contributed by atoms with E-state index in [1.54, 1.807) is 7.11 Å². The molecule has 0 atom stereocenters. The maximum absolute atomic E-state index is 13.3. The van der Waals surface area contributed by atoms with Crippen molar-refractivity contribution in [1.82, 2.24) is 14.4 Å². The Bertz CT molecular complexity index is 1280. The molecule has 186 valence electrons. The number of fused-ring (bicyclic) bond motifs is 1. The zero-order valence-corrected chi connectivity index (χ0v) is 21.1. The zero-order chi connectivity index (χ0) is 24.7. The summed E-state index contributed by atoms with van der Waals surface area (Å²) < 4.78 is 7.90. The second-order valence-electron chi connectivity index (χ2n) is 9.60. The molecule has 5 heteroatoms. The standard InChI is InChI=1S/C31H35N3O2/c1-36-29-16-8-15-27-28(31(35)26-13-6-3-7-14-26)24-34(30(27)29)20-10-18-32-17-9-19-33(22-21-32)23-25-11-4-2-5-12-25/h2-8,11-16,24H,9-10,17-23H2,1H3. The van der Waals surface area contributed by atoms with Crippen LogP contribution in [0.25, 0.3) is 10.9 Å². The summed E-state index contributed by atoms with van der Waals surface area (Å²) >= 11 is 0. The van der Waals surface area contributed by atoms with Gasteiger partial charge in [0.25, 0.3) is 0 Å². The number of benzene rings is 3. The van der Waals surface area contributed by atoms with Gasteiger partial charge in [-0.05, 0) is 44.1 Å².